The van der Waals surface area contributed by atoms with E-state index in [1.54, 1.807) is 11.4 Å². The average molecular weight is 304 g/mol. The maximum Gasteiger partial charge on any atom is 0.271 e. The molecule has 0 unspecified atom stereocenters. The van der Waals surface area contributed by atoms with Crippen molar-refractivity contribution in [3.8, 4) is 11.8 Å². The van der Waals surface area contributed by atoms with Gasteiger partial charge in [0, 0.05) is 23.1 Å². The largest absolute Gasteiger partial charge is 0.384 e. The van der Waals surface area contributed by atoms with Crippen LogP contribution in [0.1, 0.15) is 26.6 Å². The summed E-state index contributed by atoms with van der Waals surface area (Å²) in [6.07, 6.45) is 0. The van der Waals surface area contributed by atoms with E-state index in [0.29, 0.717) is 16.8 Å². The zero-order chi connectivity index (χ0) is 15.2. The van der Waals surface area contributed by atoms with E-state index in [4.69, 9.17) is 5.11 Å². The zero-order valence-electron chi connectivity index (χ0n) is 11.3. The summed E-state index contributed by atoms with van der Waals surface area (Å²) in [5.74, 6) is 4.43. The molecule has 1 aromatic carbocycles. The van der Waals surface area contributed by atoms with E-state index in [2.05, 4.69) is 22.1 Å². The van der Waals surface area contributed by atoms with Crippen LogP contribution in [0.5, 0.6) is 0 Å². The number of benzene rings is 1. The van der Waals surface area contributed by atoms with Crippen LogP contribution in [-0.4, -0.2) is 22.6 Å². The number of halogens is 1. The number of hydrogen-bond donors (Lipinski definition) is 2. The Labute approximate surface area is 125 Å². The topological polar surface area (TPSA) is 62.2 Å². The molecule has 6 heteroatoms. The molecular weight excluding hydrogens is 291 g/mol. The number of thiazole rings is 1. The lowest BCUT2D eigenvalue weighted by molar-refractivity contribution is 0.0946. The van der Waals surface area contributed by atoms with Crippen molar-refractivity contribution in [2.24, 2.45) is 0 Å². The second kappa shape index (κ2) is 6.97. The number of amides is 1. The molecule has 0 fully saturated rings. The molecule has 108 valence electrons. The smallest absolute Gasteiger partial charge is 0.271 e. The summed E-state index contributed by atoms with van der Waals surface area (Å²) in [5, 5.41) is 13.7. The van der Waals surface area contributed by atoms with Crippen molar-refractivity contribution in [2.75, 3.05) is 6.61 Å². The van der Waals surface area contributed by atoms with Crippen LogP contribution in [0.4, 0.5) is 4.39 Å². The van der Waals surface area contributed by atoms with E-state index in [-0.39, 0.29) is 19.1 Å². The summed E-state index contributed by atoms with van der Waals surface area (Å²) in [6.45, 7) is 1.60. The predicted octanol–water partition coefficient (Wildman–Crippen LogP) is 1.86. The molecule has 0 aliphatic heterocycles. The van der Waals surface area contributed by atoms with Gasteiger partial charge in [0.15, 0.2) is 0 Å². The Morgan fingerprint density at radius 3 is 3.00 bits per heavy atom. The predicted molar refractivity (Wildman–Crippen MR) is 78.4 cm³/mol. The fourth-order valence-corrected chi connectivity index (χ4v) is 2.26. The molecular formula is C15H13FN2O2S. The molecule has 2 aromatic rings. The standard InChI is InChI=1S/C15H13FN2O2S/c1-10-18-14(9-21-10)15(20)17-8-12-7-11(3-2-6-19)4-5-13(12)16/h4-5,7,9,19H,6,8H2,1H3,(H,17,20). The second-order valence-corrected chi connectivity index (χ2v) is 5.26. The average Bonchev–Trinajstić information content (AvgIpc) is 2.91. The molecule has 0 spiro atoms. The lowest BCUT2D eigenvalue weighted by Gasteiger charge is -2.05. The minimum absolute atomic E-state index is 0.0515. The molecule has 1 heterocycles. The van der Waals surface area contributed by atoms with Crippen LogP contribution in [0.3, 0.4) is 0 Å². The van der Waals surface area contributed by atoms with Crippen molar-refractivity contribution in [2.45, 2.75) is 13.5 Å². The summed E-state index contributed by atoms with van der Waals surface area (Å²) >= 11 is 1.38. The molecule has 1 amide bonds. The SMILES string of the molecule is Cc1nc(C(=O)NCc2cc(C#CCO)ccc2F)cs1. The van der Waals surface area contributed by atoms with E-state index in [1.165, 1.54) is 23.5 Å². The van der Waals surface area contributed by atoms with Crippen molar-refractivity contribution >= 4 is 17.2 Å². The molecule has 2 N–H and O–H groups in total. The molecule has 2 rings (SSSR count). The minimum atomic E-state index is -0.417. The maximum atomic E-state index is 13.7. The number of aryl methyl sites for hydroxylation is 1. The Kier molecular flexibility index (Phi) is 5.04. The van der Waals surface area contributed by atoms with Gasteiger partial charge < -0.3 is 10.4 Å². The summed E-state index contributed by atoms with van der Waals surface area (Å²) in [6, 6.07) is 4.35. The molecule has 0 saturated carbocycles. The van der Waals surface area contributed by atoms with E-state index in [9.17, 15) is 9.18 Å². The van der Waals surface area contributed by atoms with Gasteiger partial charge in [-0.05, 0) is 25.1 Å². The zero-order valence-corrected chi connectivity index (χ0v) is 12.1. The molecule has 1 aromatic heterocycles. The number of aliphatic hydroxyl groups excluding tert-OH is 1. The van der Waals surface area contributed by atoms with Crippen LogP contribution in [0.15, 0.2) is 23.6 Å². The number of nitrogens with zero attached hydrogens (tertiary/aromatic N) is 1. The van der Waals surface area contributed by atoms with Gasteiger partial charge in [-0.25, -0.2) is 9.37 Å². The van der Waals surface area contributed by atoms with Gasteiger partial charge in [0.25, 0.3) is 5.91 Å². The summed E-state index contributed by atoms with van der Waals surface area (Å²) in [4.78, 5) is 15.9. The highest BCUT2D eigenvalue weighted by Crippen LogP contribution is 2.11. The van der Waals surface area contributed by atoms with Gasteiger partial charge in [-0.15, -0.1) is 11.3 Å². The van der Waals surface area contributed by atoms with Crippen molar-refractivity contribution < 1.29 is 14.3 Å². The monoisotopic (exact) mass is 304 g/mol. The van der Waals surface area contributed by atoms with Crippen LogP contribution < -0.4 is 5.32 Å². The molecule has 0 aliphatic carbocycles. The Morgan fingerprint density at radius 2 is 2.33 bits per heavy atom. The molecule has 0 saturated heterocycles. The van der Waals surface area contributed by atoms with Gasteiger partial charge >= 0.3 is 0 Å². The number of carbonyl (C=O) groups is 1. The number of aromatic nitrogens is 1. The summed E-state index contributed by atoms with van der Waals surface area (Å²) < 4.78 is 13.7. The van der Waals surface area contributed by atoms with E-state index in [1.807, 2.05) is 6.92 Å². The summed E-state index contributed by atoms with van der Waals surface area (Å²) in [7, 11) is 0. The Bertz CT molecular complexity index is 716. The molecule has 0 radical (unpaired) electrons. The Balaban J connectivity index is 2.07. The highest BCUT2D eigenvalue weighted by Gasteiger charge is 2.10. The third-order valence-electron chi connectivity index (χ3n) is 2.65. The lowest BCUT2D eigenvalue weighted by Crippen LogP contribution is -2.23. The normalized spacial score (nSPS) is 9.86. The van der Waals surface area contributed by atoms with Gasteiger partial charge in [-0.2, -0.15) is 0 Å². The first kappa shape index (κ1) is 15.2. The van der Waals surface area contributed by atoms with Gasteiger partial charge in [0.1, 0.15) is 18.1 Å². The molecule has 0 atom stereocenters. The number of carbonyl (C=O) groups excluding carboxylic acids is 1. The van der Waals surface area contributed by atoms with Gasteiger partial charge in [0.2, 0.25) is 0 Å². The number of nitrogens with one attached hydrogen (secondary N) is 1. The third-order valence-corrected chi connectivity index (χ3v) is 3.42. The van der Waals surface area contributed by atoms with E-state index < -0.39 is 5.82 Å². The molecule has 0 aliphatic rings. The minimum Gasteiger partial charge on any atom is -0.384 e. The molecule has 4 nitrogen and oxygen atoms in total. The van der Waals surface area contributed by atoms with Gasteiger partial charge in [-0.1, -0.05) is 11.8 Å². The second-order valence-electron chi connectivity index (χ2n) is 4.20. The number of aliphatic hydroxyl groups is 1. The molecule has 0 bridgehead atoms. The van der Waals surface area contributed by atoms with Crippen LogP contribution in [0.25, 0.3) is 0 Å². The number of hydrogen-bond acceptors (Lipinski definition) is 4. The van der Waals surface area contributed by atoms with Gasteiger partial charge in [0.05, 0.1) is 5.01 Å². The first-order valence-corrected chi connectivity index (χ1v) is 7.06. The quantitative estimate of drug-likeness (QED) is 0.851. The van der Waals surface area contributed by atoms with Crippen LogP contribution in [0.2, 0.25) is 0 Å². The highest BCUT2D eigenvalue weighted by molar-refractivity contribution is 7.09. The van der Waals surface area contributed by atoms with Crippen LogP contribution in [0, 0.1) is 24.6 Å². The van der Waals surface area contributed by atoms with Crippen LogP contribution >= 0.6 is 11.3 Å². The number of rotatable bonds is 3. The molecule has 21 heavy (non-hydrogen) atoms. The van der Waals surface area contributed by atoms with Crippen molar-refractivity contribution in [3.63, 3.8) is 0 Å². The van der Waals surface area contributed by atoms with Crippen molar-refractivity contribution in [1.29, 1.82) is 0 Å². The van der Waals surface area contributed by atoms with E-state index >= 15 is 0 Å². The Hall–Kier alpha value is -2.23. The maximum absolute atomic E-state index is 13.7. The van der Waals surface area contributed by atoms with Crippen molar-refractivity contribution in [1.82, 2.24) is 10.3 Å². The first-order valence-electron chi connectivity index (χ1n) is 6.18. The van der Waals surface area contributed by atoms with Crippen LogP contribution in [-0.2, 0) is 6.54 Å². The van der Waals surface area contributed by atoms with E-state index in [0.717, 1.165) is 5.01 Å². The van der Waals surface area contributed by atoms with Gasteiger partial charge in [-0.3, -0.25) is 4.79 Å². The third kappa shape index (κ3) is 4.12. The summed E-state index contributed by atoms with van der Waals surface area (Å²) in [5.41, 5.74) is 1.24. The fraction of sp³-hybridized carbons (Fsp3) is 0.200. The first-order chi connectivity index (χ1) is 10.1. The van der Waals surface area contributed by atoms with Crippen molar-refractivity contribution in [3.05, 3.63) is 51.2 Å². The Morgan fingerprint density at radius 1 is 1.52 bits per heavy atom. The highest BCUT2D eigenvalue weighted by atomic mass is 32.1. The fourth-order valence-electron chi connectivity index (χ4n) is 1.66. The lowest BCUT2D eigenvalue weighted by atomic mass is 10.1.